The molecule has 1 radical (unpaired) electrons. The lowest BCUT2D eigenvalue weighted by molar-refractivity contribution is 0.619. The first kappa shape index (κ1) is 4.68. The van der Waals surface area contributed by atoms with Gasteiger partial charge in [0.05, 0.1) is 0 Å². The van der Waals surface area contributed by atoms with Gasteiger partial charge in [-0.1, -0.05) is 6.08 Å². The van der Waals surface area contributed by atoms with E-state index in [1.165, 1.54) is 5.70 Å². The minimum Gasteiger partial charge on any atom is -0.325 e. The normalized spacial score (nSPS) is 21.3. The number of hydrogen-bond acceptors (Lipinski definition) is 1. The molecule has 0 saturated heterocycles. The first-order valence-electron chi connectivity index (χ1n) is 2.97. The van der Waals surface area contributed by atoms with Gasteiger partial charge in [-0.2, -0.15) is 0 Å². The molecule has 0 fully saturated rings. The molecule has 45 valence electrons. The van der Waals surface area contributed by atoms with Crippen LogP contribution in [0.1, 0.15) is 6.42 Å². The van der Waals surface area contributed by atoms with E-state index in [1.54, 1.807) is 6.20 Å². The molecule has 0 atom stereocenters. The molecule has 0 spiro atoms. The molecule has 2 aliphatic rings. The van der Waals surface area contributed by atoms with Crippen molar-refractivity contribution in [3.05, 3.63) is 36.6 Å². The molecule has 0 saturated carbocycles. The van der Waals surface area contributed by atoms with Gasteiger partial charge >= 0.3 is 0 Å². The molecule has 0 amide bonds. The van der Waals surface area contributed by atoms with Crippen LogP contribution in [0.4, 0.5) is 0 Å². The fourth-order valence-electron chi connectivity index (χ4n) is 0.992. The van der Waals surface area contributed by atoms with Crippen LogP contribution in [-0.2, 0) is 0 Å². The summed E-state index contributed by atoms with van der Waals surface area (Å²) in [4.78, 5) is 2.08. The summed E-state index contributed by atoms with van der Waals surface area (Å²) in [6.07, 6.45) is 10.8. The molecule has 2 rings (SSSR count). The highest BCUT2D eigenvalue weighted by Crippen LogP contribution is 2.19. The van der Waals surface area contributed by atoms with Gasteiger partial charge in [0.25, 0.3) is 0 Å². The Morgan fingerprint density at radius 2 is 2.44 bits per heavy atom. The van der Waals surface area contributed by atoms with E-state index in [1.807, 2.05) is 12.4 Å². The summed E-state index contributed by atoms with van der Waals surface area (Å²) < 4.78 is 0. The lowest BCUT2D eigenvalue weighted by atomic mass is 10.3. The Hall–Kier alpha value is -1.18. The zero-order valence-electron chi connectivity index (χ0n) is 4.99. The van der Waals surface area contributed by atoms with Crippen LogP contribution in [0.15, 0.2) is 36.6 Å². The number of fused-ring (bicyclic) bond motifs is 1. The average Bonchev–Trinajstić information content (AvgIpc) is 2.33. The van der Waals surface area contributed by atoms with Crippen LogP contribution in [0.3, 0.4) is 0 Å². The number of hydrogen-bond donors (Lipinski definition) is 0. The molecule has 0 aliphatic carbocycles. The molecule has 0 aromatic carbocycles. The molecule has 2 nitrogen and oxygen atoms in total. The van der Waals surface area contributed by atoms with E-state index in [9.17, 15) is 0 Å². The Labute approximate surface area is 54.2 Å². The topological polar surface area (TPSA) is 17.3 Å². The monoisotopic (exact) mass is 119 g/mol. The van der Waals surface area contributed by atoms with E-state index < -0.39 is 0 Å². The fraction of sp³-hybridized carbons (Fsp3) is 0.143. The second-order valence-corrected chi connectivity index (χ2v) is 2.06. The fourth-order valence-corrected chi connectivity index (χ4v) is 0.992. The van der Waals surface area contributed by atoms with Crippen LogP contribution >= 0.6 is 0 Å². The van der Waals surface area contributed by atoms with Gasteiger partial charge in [0, 0.05) is 36.9 Å². The van der Waals surface area contributed by atoms with Crippen molar-refractivity contribution in [1.82, 2.24) is 10.2 Å². The molecule has 0 bridgehead atoms. The van der Waals surface area contributed by atoms with Crippen LogP contribution in [-0.4, -0.2) is 4.90 Å². The Bertz CT molecular complexity index is 201. The highest BCUT2D eigenvalue weighted by Gasteiger charge is 2.09. The lowest BCUT2D eigenvalue weighted by Crippen LogP contribution is -2.09. The number of allylic oxidation sites excluding steroid dienone is 1. The Morgan fingerprint density at radius 3 is 3.33 bits per heavy atom. The third-order valence-electron chi connectivity index (χ3n) is 1.46. The van der Waals surface area contributed by atoms with E-state index >= 15 is 0 Å². The highest BCUT2D eigenvalue weighted by molar-refractivity contribution is 5.22. The van der Waals surface area contributed by atoms with Crippen molar-refractivity contribution in [3.63, 3.8) is 0 Å². The van der Waals surface area contributed by atoms with E-state index in [2.05, 4.69) is 22.5 Å². The SMILES string of the molecule is C1=CN2C=C[N]C=C2C1. The zero-order valence-corrected chi connectivity index (χ0v) is 4.99. The summed E-state index contributed by atoms with van der Waals surface area (Å²) in [6, 6.07) is 0. The standard InChI is InChI=1S/C7H7N2/c1-2-7-6-8-3-5-9(7)4-1/h1,3-6H,2H2. The average molecular weight is 119 g/mol. The number of nitrogens with zero attached hydrogens (tertiary/aromatic N) is 2. The van der Waals surface area contributed by atoms with Gasteiger partial charge in [-0.3, -0.25) is 5.32 Å². The summed E-state index contributed by atoms with van der Waals surface area (Å²) in [7, 11) is 0. The van der Waals surface area contributed by atoms with Gasteiger partial charge < -0.3 is 4.90 Å². The third-order valence-corrected chi connectivity index (χ3v) is 1.46. The summed E-state index contributed by atoms with van der Waals surface area (Å²) >= 11 is 0. The van der Waals surface area contributed by atoms with Gasteiger partial charge in [-0.15, -0.1) is 0 Å². The van der Waals surface area contributed by atoms with E-state index in [-0.39, 0.29) is 0 Å². The van der Waals surface area contributed by atoms with Crippen LogP contribution in [0.25, 0.3) is 0 Å². The van der Waals surface area contributed by atoms with Crippen LogP contribution in [0, 0.1) is 0 Å². The predicted molar refractivity (Wildman–Crippen MR) is 35.0 cm³/mol. The molecule has 2 heteroatoms. The van der Waals surface area contributed by atoms with Crippen molar-refractivity contribution in [3.8, 4) is 0 Å². The minimum atomic E-state index is 1.02. The summed E-state index contributed by atoms with van der Waals surface area (Å²) in [5.41, 5.74) is 1.26. The van der Waals surface area contributed by atoms with Crippen molar-refractivity contribution in [2.45, 2.75) is 6.42 Å². The van der Waals surface area contributed by atoms with Crippen molar-refractivity contribution in [1.29, 1.82) is 0 Å². The van der Waals surface area contributed by atoms with Crippen LogP contribution < -0.4 is 5.32 Å². The minimum absolute atomic E-state index is 1.02. The maximum Gasteiger partial charge on any atom is 0.0470 e. The predicted octanol–water partition coefficient (Wildman–Crippen LogP) is 1.14. The summed E-state index contributed by atoms with van der Waals surface area (Å²) in [5.74, 6) is 0. The lowest BCUT2D eigenvalue weighted by Gasteiger charge is -2.14. The Morgan fingerprint density at radius 1 is 1.44 bits per heavy atom. The second kappa shape index (κ2) is 1.65. The first-order chi connectivity index (χ1) is 4.47. The Balaban J connectivity index is 2.29. The molecule has 0 aromatic rings. The van der Waals surface area contributed by atoms with Crippen LogP contribution in [0.5, 0.6) is 0 Å². The molecule has 0 aromatic heterocycles. The van der Waals surface area contributed by atoms with Gasteiger partial charge in [-0.25, -0.2) is 0 Å². The smallest absolute Gasteiger partial charge is 0.0470 e. The van der Waals surface area contributed by atoms with Crippen molar-refractivity contribution in [2.75, 3.05) is 0 Å². The molecule has 9 heavy (non-hydrogen) atoms. The van der Waals surface area contributed by atoms with Gasteiger partial charge in [0.15, 0.2) is 0 Å². The highest BCUT2D eigenvalue weighted by atomic mass is 15.1. The maximum atomic E-state index is 4.00. The molecule has 0 unspecified atom stereocenters. The van der Waals surface area contributed by atoms with Crippen molar-refractivity contribution >= 4 is 0 Å². The van der Waals surface area contributed by atoms with Crippen LogP contribution in [0.2, 0.25) is 0 Å². The van der Waals surface area contributed by atoms with Crippen molar-refractivity contribution < 1.29 is 0 Å². The maximum absolute atomic E-state index is 4.00. The van der Waals surface area contributed by atoms with Crippen molar-refractivity contribution in [2.24, 2.45) is 0 Å². The first-order valence-corrected chi connectivity index (χ1v) is 2.97. The summed E-state index contributed by atoms with van der Waals surface area (Å²) in [5, 5.41) is 4.00. The van der Waals surface area contributed by atoms with E-state index in [0.717, 1.165) is 6.42 Å². The quantitative estimate of drug-likeness (QED) is 0.467. The van der Waals surface area contributed by atoms with Gasteiger partial charge in [0.2, 0.25) is 0 Å². The molecular formula is C7H7N2. The van der Waals surface area contributed by atoms with E-state index in [4.69, 9.17) is 0 Å². The third kappa shape index (κ3) is 0.633. The Kier molecular flexibility index (Phi) is 0.859. The zero-order chi connectivity index (χ0) is 6.10. The molecular weight excluding hydrogens is 112 g/mol. The second-order valence-electron chi connectivity index (χ2n) is 2.06. The van der Waals surface area contributed by atoms with Gasteiger partial charge in [0.1, 0.15) is 0 Å². The molecule has 0 N–H and O–H groups in total. The molecule has 2 heterocycles. The largest absolute Gasteiger partial charge is 0.325 e. The van der Waals surface area contributed by atoms with E-state index in [0.29, 0.717) is 0 Å². The van der Waals surface area contributed by atoms with Gasteiger partial charge in [-0.05, 0) is 0 Å². The molecule has 2 aliphatic heterocycles. The summed E-state index contributed by atoms with van der Waals surface area (Å²) in [6.45, 7) is 0. The number of rotatable bonds is 0.